The number of aliphatic imine (C=N–C) groups is 1. The van der Waals surface area contributed by atoms with Gasteiger partial charge in [-0.3, -0.25) is 4.99 Å². The largest absolute Gasteiger partial charge is 0.364 e. The summed E-state index contributed by atoms with van der Waals surface area (Å²) in [5, 5.41) is 0. The van der Waals surface area contributed by atoms with Crippen molar-refractivity contribution in [3.8, 4) is 33.4 Å². The van der Waals surface area contributed by atoms with E-state index in [-0.39, 0.29) is 12.0 Å². The molecule has 0 spiro atoms. The summed E-state index contributed by atoms with van der Waals surface area (Å²) >= 11 is 0. The second kappa shape index (κ2) is 14.4. The molecule has 8 bridgehead atoms. The highest BCUT2D eigenvalue weighted by Gasteiger charge is 2.25. The van der Waals surface area contributed by atoms with Crippen LogP contribution in [0, 0.1) is 41.5 Å². The van der Waals surface area contributed by atoms with E-state index in [1.54, 1.807) is 0 Å². The maximum atomic E-state index is 5.54. The molecule has 288 valence electrons. The Kier molecular flexibility index (Phi) is 8.86. The number of hydrogen-bond donors (Lipinski definition) is 3. The van der Waals surface area contributed by atoms with Gasteiger partial charge in [0.15, 0.2) is 0 Å². The summed E-state index contributed by atoms with van der Waals surface area (Å²) in [4.78, 5) is 26.8. The van der Waals surface area contributed by atoms with Crippen LogP contribution in [-0.4, -0.2) is 37.2 Å². The quantitative estimate of drug-likeness (QED) is 0.157. The van der Waals surface area contributed by atoms with Gasteiger partial charge in [-0.2, -0.15) is 0 Å². The third kappa shape index (κ3) is 6.51. The molecule has 3 aliphatic heterocycles. The van der Waals surface area contributed by atoms with Crippen LogP contribution in [0.5, 0.6) is 0 Å². The monoisotopic (exact) mass is 766 g/mol. The predicted molar refractivity (Wildman–Crippen MR) is 248 cm³/mol. The van der Waals surface area contributed by atoms with Gasteiger partial charge >= 0.3 is 0 Å². The molecule has 3 aliphatic rings. The van der Waals surface area contributed by atoms with Crippen LogP contribution < -0.4 is 0 Å². The Bertz CT molecular complexity index is 3000. The highest BCUT2D eigenvalue weighted by atomic mass is 14.8. The van der Waals surface area contributed by atoms with E-state index >= 15 is 0 Å². The third-order valence-electron chi connectivity index (χ3n) is 11.9. The first-order valence-electron chi connectivity index (χ1n) is 20.4. The Balaban J connectivity index is 1.29. The van der Waals surface area contributed by atoms with E-state index in [0.717, 1.165) is 72.8 Å². The van der Waals surface area contributed by atoms with Crippen molar-refractivity contribution in [2.24, 2.45) is 4.99 Å². The fraction of sp³-hybridized carbons (Fsp3) is 0.151. The van der Waals surface area contributed by atoms with E-state index in [1.165, 1.54) is 50.1 Å². The average molecular weight is 767 g/mol. The number of rotatable bonds is 6. The second-order valence-electron chi connectivity index (χ2n) is 16.3. The lowest BCUT2D eigenvalue weighted by Crippen LogP contribution is -2.15. The number of aromatic amines is 3. The van der Waals surface area contributed by atoms with Crippen molar-refractivity contribution >= 4 is 52.6 Å². The van der Waals surface area contributed by atoms with Crippen LogP contribution in [-0.2, 0) is 0 Å². The molecule has 2 atom stereocenters. The van der Waals surface area contributed by atoms with Crippen molar-refractivity contribution in [3.63, 3.8) is 0 Å². The predicted octanol–water partition coefficient (Wildman–Crippen LogP) is 13.0. The topological polar surface area (TPSA) is 85.5 Å². The summed E-state index contributed by atoms with van der Waals surface area (Å²) < 4.78 is 0. The molecule has 7 heterocycles. The highest BCUT2D eigenvalue weighted by molar-refractivity contribution is 5.99. The van der Waals surface area contributed by atoms with Gasteiger partial charge in [-0.15, -0.1) is 0 Å². The molecule has 4 aromatic heterocycles. The van der Waals surface area contributed by atoms with Crippen LogP contribution in [0.1, 0.15) is 73.3 Å². The van der Waals surface area contributed by atoms with Crippen molar-refractivity contribution in [2.45, 2.75) is 53.5 Å². The highest BCUT2D eigenvalue weighted by Crippen LogP contribution is 2.40. The molecule has 0 saturated carbocycles. The van der Waals surface area contributed by atoms with E-state index in [0.29, 0.717) is 0 Å². The molecule has 6 heteroatoms. The number of benzene rings is 3. The average Bonchev–Trinajstić information content (AvgIpc) is 4.06. The van der Waals surface area contributed by atoms with Crippen LogP contribution in [0.15, 0.2) is 114 Å². The number of hydrogen-bond acceptors (Lipinski definition) is 3. The molecular formula is C53H46N6. The van der Waals surface area contributed by atoms with Gasteiger partial charge in [-0.25, -0.2) is 9.97 Å². The molecule has 6 nitrogen and oxygen atoms in total. The SMILES string of the molecule is Cc1cc(C)c(-c2c3nc(c(-c4ccc(C(c5ccc[nH]5)C5C=CC=N5)cc4)c4ccc([nH]4)c(-c4c(C)cc(C)cc4C)c4nc(cc5ccc2[nH]5)C=C4)C=C3)c(C)c1. The first kappa shape index (κ1) is 36.3. The van der Waals surface area contributed by atoms with Crippen LogP contribution in [0.2, 0.25) is 0 Å². The van der Waals surface area contributed by atoms with Crippen LogP contribution >= 0.6 is 0 Å². The van der Waals surface area contributed by atoms with Crippen molar-refractivity contribution < 1.29 is 0 Å². The van der Waals surface area contributed by atoms with Gasteiger partial charge in [-0.05, 0) is 159 Å². The van der Waals surface area contributed by atoms with E-state index in [4.69, 9.17) is 15.0 Å². The van der Waals surface area contributed by atoms with Gasteiger partial charge in [0.1, 0.15) is 0 Å². The number of H-pyrrole nitrogens is 3. The molecule has 0 aliphatic carbocycles. The zero-order chi connectivity index (χ0) is 40.4. The first-order valence-corrected chi connectivity index (χ1v) is 20.4. The van der Waals surface area contributed by atoms with E-state index in [1.807, 2.05) is 18.5 Å². The molecular weight excluding hydrogens is 721 g/mol. The first-order chi connectivity index (χ1) is 28.7. The number of fused-ring (bicyclic) bond motifs is 8. The Morgan fingerprint density at radius 3 is 1.73 bits per heavy atom. The molecule has 3 aromatic carbocycles. The summed E-state index contributed by atoms with van der Waals surface area (Å²) in [6, 6.07) is 33.2. The zero-order valence-electron chi connectivity index (χ0n) is 34.3. The normalized spacial score (nSPS) is 14.8. The molecule has 0 radical (unpaired) electrons. The maximum absolute atomic E-state index is 5.54. The van der Waals surface area contributed by atoms with Crippen LogP contribution in [0.25, 0.3) is 79.8 Å². The molecule has 3 N–H and O–H groups in total. The van der Waals surface area contributed by atoms with Crippen molar-refractivity contribution in [3.05, 3.63) is 177 Å². The van der Waals surface area contributed by atoms with E-state index in [2.05, 4.69) is 178 Å². The summed E-state index contributed by atoms with van der Waals surface area (Å²) in [6.45, 7) is 13.1. The van der Waals surface area contributed by atoms with Crippen molar-refractivity contribution in [1.29, 1.82) is 0 Å². The van der Waals surface area contributed by atoms with E-state index < -0.39 is 0 Å². The third-order valence-corrected chi connectivity index (χ3v) is 11.9. The summed E-state index contributed by atoms with van der Waals surface area (Å²) in [5.41, 5.74) is 24.0. The van der Waals surface area contributed by atoms with Crippen LogP contribution in [0.4, 0.5) is 0 Å². The number of nitrogens with one attached hydrogen (secondary N) is 3. The van der Waals surface area contributed by atoms with Gasteiger partial charge in [0.05, 0.1) is 34.7 Å². The summed E-state index contributed by atoms with van der Waals surface area (Å²) in [7, 11) is 0. The lowest BCUT2D eigenvalue weighted by molar-refractivity contribution is 0.696. The molecule has 59 heavy (non-hydrogen) atoms. The minimum atomic E-state index is 0.0294. The zero-order valence-corrected chi connectivity index (χ0v) is 34.3. The minimum Gasteiger partial charge on any atom is -0.364 e. The molecule has 10 rings (SSSR count). The fourth-order valence-electron chi connectivity index (χ4n) is 9.63. The lowest BCUT2D eigenvalue weighted by Gasteiger charge is -2.20. The Morgan fingerprint density at radius 2 is 1.12 bits per heavy atom. The summed E-state index contributed by atoms with van der Waals surface area (Å²) in [6.07, 6.45) is 16.7. The standard InChI is InChI=1S/C53H46N6/c1-30-25-32(3)48(33(4)26-30)52-44-17-15-38(56-44)29-39-16-18-45(57-39)53(49-34(5)27-31(2)28-35(49)6)47-22-20-43(59-47)51(42-19-21-46(52)58-42)37-13-11-36(12-14-37)50(40-9-7-23-54-40)41-10-8-24-55-41/h7-29,40,50,55-56,59H,1-6H3. The van der Waals surface area contributed by atoms with Gasteiger partial charge < -0.3 is 15.0 Å². The van der Waals surface area contributed by atoms with Crippen LogP contribution in [0.3, 0.4) is 0 Å². The fourth-order valence-corrected chi connectivity index (χ4v) is 9.63. The smallest absolute Gasteiger partial charge is 0.0806 e. The lowest BCUT2D eigenvalue weighted by atomic mass is 9.88. The van der Waals surface area contributed by atoms with E-state index in [9.17, 15) is 0 Å². The number of allylic oxidation sites excluding steroid dienone is 1. The Labute approximate surface area is 344 Å². The van der Waals surface area contributed by atoms with Crippen molar-refractivity contribution in [2.75, 3.05) is 0 Å². The number of nitrogens with zero attached hydrogens (tertiary/aromatic N) is 3. The van der Waals surface area contributed by atoms with Gasteiger partial charge in [0.25, 0.3) is 0 Å². The molecule has 0 amide bonds. The van der Waals surface area contributed by atoms with Gasteiger partial charge in [-0.1, -0.05) is 65.7 Å². The molecule has 0 saturated heterocycles. The number of aryl methyl sites for hydroxylation is 6. The van der Waals surface area contributed by atoms with Gasteiger partial charge in [0, 0.05) is 56.9 Å². The maximum Gasteiger partial charge on any atom is 0.0806 e. The number of aromatic nitrogens is 5. The van der Waals surface area contributed by atoms with Gasteiger partial charge in [0.2, 0.25) is 0 Å². The van der Waals surface area contributed by atoms with Crippen molar-refractivity contribution in [1.82, 2.24) is 24.9 Å². The Morgan fingerprint density at radius 1 is 0.542 bits per heavy atom. The molecule has 2 unspecified atom stereocenters. The second-order valence-corrected chi connectivity index (χ2v) is 16.3. The molecule has 0 fully saturated rings. The molecule has 7 aromatic rings. The Hall–Kier alpha value is -7.05. The minimum absolute atomic E-state index is 0.0294. The summed E-state index contributed by atoms with van der Waals surface area (Å²) in [5.74, 6) is 0.0676.